The molecule has 0 fully saturated rings. The molecule has 0 bridgehead atoms. The molecule has 1 aromatic heterocycles. The Labute approximate surface area is 135 Å². The number of Topliss-reactive ketones (excluding diaryl/α,β-unsaturated/α-hetero) is 1. The molecule has 2 rings (SSSR count). The van der Waals surface area contributed by atoms with Crippen LogP contribution in [0.4, 0.5) is 0 Å². The van der Waals surface area contributed by atoms with Gasteiger partial charge in [0, 0.05) is 27.9 Å². The Balaban J connectivity index is 2.03. The third-order valence-corrected chi connectivity index (χ3v) is 5.03. The lowest BCUT2D eigenvalue weighted by atomic mass is 10.1. The monoisotopic (exact) mass is 319 g/mol. The van der Waals surface area contributed by atoms with E-state index in [0.717, 1.165) is 12.1 Å². The highest BCUT2D eigenvalue weighted by Crippen LogP contribution is 2.17. The van der Waals surface area contributed by atoms with Crippen LogP contribution in [0.2, 0.25) is 0 Å². The quantitative estimate of drug-likeness (QED) is 0.551. The topological polar surface area (TPSA) is 20.3 Å². The molecular formula is C17H21NOS2. The summed E-state index contributed by atoms with van der Waals surface area (Å²) in [5.41, 5.74) is 0.796. The second kappa shape index (κ2) is 7.78. The number of rotatable bonds is 7. The van der Waals surface area contributed by atoms with Gasteiger partial charge in [0.1, 0.15) is 0 Å². The zero-order valence-corrected chi connectivity index (χ0v) is 14.3. The van der Waals surface area contributed by atoms with Gasteiger partial charge >= 0.3 is 0 Å². The Kier molecular flexibility index (Phi) is 6.03. The first-order chi connectivity index (χ1) is 10.1. The zero-order valence-electron chi connectivity index (χ0n) is 12.7. The van der Waals surface area contributed by atoms with Gasteiger partial charge in [-0.2, -0.15) is 0 Å². The van der Waals surface area contributed by atoms with Gasteiger partial charge < -0.3 is 0 Å². The first kappa shape index (κ1) is 16.3. The van der Waals surface area contributed by atoms with Gasteiger partial charge in [-0.05, 0) is 43.7 Å². The van der Waals surface area contributed by atoms with E-state index in [1.54, 1.807) is 23.1 Å². The molecule has 0 unspecified atom stereocenters. The van der Waals surface area contributed by atoms with Gasteiger partial charge in [0.2, 0.25) is 0 Å². The molecule has 0 amide bonds. The number of hydrogen-bond donors (Lipinski definition) is 0. The van der Waals surface area contributed by atoms with E-state index in [2.05, 4.69) is 36.3 Å². The van der Waals surface area contributed by atoms with Crippen LogP contribution in [0, 0.1) is 0 Å². The molecule has 0 atom stereocenters. The van der Waals surface area contributed by atoms with E-state index in [4.69, 9.17) is 0 Å². The number of benzene rings is 1. The van der Waals surface area contributed by atoms with Crippen LogP contribution in [-0.4, -0.2) is 29.5 Å². The number of nitrogens with zero attached hydrogens (tertiary/aromatic N) is 1. The number of hydrogen-bond acceptors (Lipinski definition) is 4. The minimum Gasteiger partial charge on any atom is -0.293 e. The van der Waals surface area contributed by atoms with Crippen molar-refractivity contribution in [3.63, 3.8) is 0 Å². The van der Waals surface area contributed by atoms with Crippen LogP contribution < -0.4 is 0 Å². The molecule has 0 aliphatic carbocycles. The fourth-order valence-corrected chi connectivity index (χ4v) is 3.21. The summed E-state index contributed by atoms with van der Waals surface area (Å²) in [6, 6.07) is 12.4. The second-order valence-electron chi connectivity index (χ2n) is 5.23. The summed E-state index contributed by atoms with van der Waals surface area (Å²) >= 11 is 3.43. The minimum absolute atomic E-state index is 0.188. The van der Waals surface area contributed by atoms with Gasteiger partial charge in [-0.3, -0.25) is 9.69 Å². The normalized spacial score (nSPS) is 11.3. The highest BCUT2D eigenvalue weighted by atomic mass is 32.2. The van der Waals surface area contributed by atoms with Crippen molar-refractivity contribution in [1.29, 1.82) is 0 Å². The highest BCUT2D eigenvalue weighted by molar-refractivity contribution is 7.98. The Morgan fingerprint density at radius 3 is 2.48 bits per heavy atom. The number of thioether (sulfide) groups is 1. The summed E-state index contributed by atoms with van der Waals surface area (Å²) in [6.07, 6.45) is 2.04. The lowest BCUT2D eigenvalue weighted by Gasteiger charge is -2.25. The lowest BCUT2D eigenvalue weighted by Crippen LogP contribution is -2.35. The molecule has 1 aromatic carbocycles. The smallest absolute Gasteiger partial charge is 0.176 e. The second-order valence-corrected chi connectivity index (χ2v) is 7.14. The van der Waals surface area contributed by atoms with E-state index in [1.165, 1.54) is 9.77 Å². The van der Waals surface area contributed by atoms with E-state index in [0.29, 0.717) is 12.6 Å². The third kappa shape index (κ3) is 4.70. The largest absolute Gasteiger partial charge is 0.293 e. The lowest BCUT2D eigenvalue weighted by molar-refractivity contribution is 0.0899. The summed E-state index contributed by atoms with van der Waals surface area (Å²) in [6.45, 7) is 5.58. The number of thiophene rings is 1. The van der Waals surface area contributed by atoms with E-state index in [9.17, 15) is 4.79 Å². The number of carbonyl (C=O) groups is 1. The fourth-order valence-electron chi connectivity index (χ4n) is 2.08. The van der Waals surface area contributed by atoms with Gasteiger partial charge in [-0.25, -0.2) is 0 Å². The summed E-state index contributed by atoms with van der Waals surface area (Å²) in [5.74, 6) is 0.188. The molecular weight excluding hydrogens is 298 g/mol. The SMILES string of the molecule is CSc1ccc(C(=O)CN(Cc2cccs2)C(C)C)cc1. The number of ketones is 1. The summed E-state index contributed by atoms with van der Waals surface area (Å²) in [5, 5.41) is 2.08. The van der Waals surface area contributed by atoms with E-state index < -0.39 is 0 Å². The fraction of sp³-hybridized carbons (Fsp3) is 0.353. The molecule has 0 aliphatic heterocycles. The molecule has 0 radical (unpaired) electrons. The van der Waals surface area contributed by atoms with E-state index >= 15 is 0 Å². The van der Waals surface area contributed by atoms with Gasteiger partial charge in [-0.15, -0.1) is 23.1 Å². The van der Waals surface area contributed by atoms with Crippen LogP contribution in [0.3, 0.4) is 0 Å². The Morgan fingerprint density at radius 2 is 1.95 bits per heavy atom. The van der Waals surface area contributed by atoms with Crippen LogP contribution in [0.5, 0.6) is 0 Å². The summed E-state index contributed by atoms with van der Waals surface area (Å²) in [7, 11) is 0. The molecule has 1 heterocycles. The molecule has 0 saturated heterocycles. The number of carbonyl (C=O) groups excluding carboxylic acids is 1. The zero-order chi connectivity index (χ0) is 15.2. The van der Waals surface area contributed by atoms with Crippen molar-refractivity contribution in [2.45, 2.75) is 31.3 Å². The molecule has 2 aromatic rings. The standard InChI is InChI=1S/C17H21NOS2/c1-13(2)18(11-16-5-4-10-21-16)12-17(19)14-6-8-15(20-3)9-7-14/h4-10,13H,11-12H2,1-3H3. The van der Waals surface area contributed by atoms with Gasteiger partial charge in [-0.1, -0.05) is 18.2 Å². The minimum atomic E-state index is 0.188. The Morgan fingerprint density at radius 1 is 1.24 bits per heavy atom. The molecule has 0 aliphatic rings. The van der Waals surface area contributed by atoms with Crippen LogP contribution in [0.25, 0.3) is 0 Å². The Hall–Kier alpha value is -1.10. The maximum absolute atomic E-state index is 12.4. The molecule has 4 heteroatoms. The van der Waals surface area contributed by atoms with Crippen molar-refractivity contribution in [2.24, 2.45) is 0 Å². The van der Waals surface area contributed by atoms with Gasteiger partial charge in [0.25, 0.3) is 0 Å². The van der Waals surface area contributed by atoms with Crippen molar-refractivity contribution in [3.05, 3.63) is 52.2 Å². The van der Waals surface area contributed by atoms with Crippen molar-refractivity contribution >= 4 is 28.9 Å². The molecule has 112 valence electrons. The summed E-state index contributed by atoms with van der Waals surface area (Å²) < 4.78 is 0. The molecule has 0 N–H and O–H groups in total. The van der Waals surface area contributed by atoms with E-state index in [1.807, 2.05) is 30.5 Å². The average Bonchev–Trinajstić information content (AvgIpc) is 2.99. The van der Waals surface area contributed by atoms with Crippen LogP contribution >= 0.6 is 23.1 Å². The van der Waals surface area contributed by atoms with Gasteiger partial charge in [0.15, 0.2) is 5.78 Å². The summed E-state index contributed by atoms with van der Waals surface area (Å²) in [4.78, 5) is 17.1. The first-order valence-electron chi connectivity index (χ1n) is 7.04. The average molecular weight is 319 g/mol. The predicted molar refractivity (Wildman–Crippen MR) is 92.4 cm³/mol. The molecule has 0 spiro atoms. The highest BCUT2D eigenvalue weighted by Gasteiger charge is 2.16. The van der Waals surface area contributed by atoms with Crippen LogP contribution in [0.1, 0.15) is 29.1 Å². The van der Waals surface area contributed by atoms with E-state index in [-0.39, 0.29) is 5.78 Å². The van der Waals surface area contributed by atoms with Crippen LogP contribution in [0.15, 0.2) is 46.7 Å². The molecule has 0 saturated carbocycles. The predicted octanol–water partition coefficient (Wildman–Crippen LogP) is 4.56. The van der Waals surface area contributed by atoms with Crippen molar-refractivity contribution in [1.82, 2.24) is 4.90 Å². The third-order valence-electron chi connectivity index (χ3n) is 3.43. The maximum atomic E-state index is 12.4. The molecule has 21 heavy (non-hydrogen) atoms. The molecule has 2 nitrogen and oxygen atoms in total. The van der Waals surface area contributed by atoms with Crippen molar-refractivity contribution in [2.75, 3.05) is 12.8 Å². The Bertz CT molecular complexity index is 561. The van der Waals surface area contributed by atoms with Crippen molar-refractivity contribution < 1.29 is 4.79 Å². The maximum Gasteiger partial charge on any atom is 0.176 e. The van der Waals surface area contributed by atoms with Crippen LogP contribution in [-0.2, 0) is 6.54 Å². The van der Waals surface area contributed by atoms with Crippen molar-refractivity contribution in [3.8, 4) is 0 Å². The van der Waals surface area contributed by atoms with Gasteiger partial charge in [0.05, 0.1) is 6.54 Å². The first-order valence-corrected chi connectivity index (χ1v) is 9.14.